The molecule has 1 saturated heterocycles. The molecule has 184 valence electrons. The zero-order chi connectivity index (χ0) is 24.7. The molecular weight excluding hydrogens is 470 g/mol. The van der Waals surface area contributed by atoms with E-state index >= 15 is 0 Å². The minimum Gasteiger partial charge on any atom is -0.493 e. The molecule has 0 bridgehead atoms. The van der Waals surface area contributed by atoms with Crippen molar-refractivity contribution in [3.05, 3.63) is 45.8 Å². The van der Waals surface area contributed by atoms with Gasteiger partial charge in [-0.05, 0) is 51.2 Å². The standard InChI is InChI=1S/C25H27N3O6S/c1-14(2)34-22(30)20-15-7-3-6-10-18(15)35-21(20)26-19(29)13-28-23(31)25(27-24(28)32)11-12-33-17-9-5-4-8-16(17)25/h4-5,8-9,14H,3,6-7,10-13H2,1-2H3,(H,26,29)(H,27,32). The van der Waals surface area contributed by atoms with E-state index in [4.69, 9.17) is 9.47 Å². The van der Waals surface area contributed by atoms with Crippen molar-refractivity contribution in [2.75, 3.05) is 18.5 Å². The Bertz CT molecular complexity index is 1220. The summed E-state index contributed by atoms with van der Waals surface area (Å²) in [5.41, 5.74) is 0.645. The highest BCUT2D eigenvalue weighted by molar-refractivity contribution is 7.17. The monoisotopic (exact) mass is 497 g/mol. The van der Waals surface area contributed by atoms with Gasteiger partial charge in [0.2, 0.25) is 5.91 Å². The number of fused-ring (bicyclic) bond motifs is 3. The van der Waals surface area contributed by atoms with E-state index in [-0.39, 0.29) is 19.1 Å². The Hall–Kier alpha value is -3.40. The van der Waals surface area contributed by atoms with Gasteiger partial charge in [-0.3, -0.25) is 14.5 Å². The number of para-hydroxylation sites is 1. The lowest BCUT2D eigenvalue weighted by molar-refractivity contribution is -0.135. The first kappa shape index (κ1) is 23.3. The number of nitrogens with one attached hydrogen (secondary N) is 2. The molecule has 1 aliphatic carbocycles. The number of hydrogen-bond donors (Lipinski definition) is 2. The molecule has 0 saturated carbocycles. The van der Waals surface area contributed by atoms with Gasteiger partial charge in [-0.15, -0.1) is 11.3 Å². The Labute approximate surface area is 206 Å². The number of benzene rings is 1. The lowest BCUT2D eigenvalue weighted by Crippen LogP contribution is -2.48. The topological polar surface area (TPSA) is 114 Å². The summed E-state index contributed by atoms with van der Waals surface area (Å²) in [4.78, 5) is 54.1. The number of carbonyl (C=O) groups excluding carboxylic acids is 4. The van der Waals surface area contributed by atoms with Gasteiger partial charge in [0.05, 0.1) is 18.3 Å². The van der Waals surface area contributed by atoms with Crippen molar-refractivity contribution in [3.8, 4) is 5.75 Å². The summed E-state index contributed by atoms with van der Waals surface area (Å²) in [5.74, 6) is -0.972. The molecule has 5 rings (SSSR count). The van der Waals surface area contributed by atoms with Crippen LogP contribution in [0.4, 0.5) is 9.80 Å². The molecule has 3 aliphatic rings. The molecule has 2 aliphatic heterocycles. The second-order valence-corrected chi connectivity index (χ2v) is 10.3. The van der Waals surface area contributed by atoms with Crippen molar-refractivity contribution in [1.29, 1.82) is 0 Å². The second kappa shape index (κ2) is 8.99. The number of esters is 1. The smallest absolute Gasteiger partial charge is 0.341 e. The van der Waals surface area contributed by atoms with Crippen LogP contribution in [0.25, 0.3) is 0 Å². The van der Waals surface area contributed by atoms with Crippen LogP contribution >= 0.6 is 11.3 Å². The van der Waals surface area contributed by atoms with Crippen LogP contribution in [0.15, 0.2) is 24.3 Å². The van der Waals surface area contributed by atoms with E-state index in [0.29, 0.717) is 21.9 Å². The van der Waals surface area contributed by atoms with Gasteiger partial charge in [-0.1, -0.05) is 18.2 Å². The average Bonchev–Trinajstić information content (AvgIpc) is 3.29. The Morgan fingerprint density at radius 2 is 2.00 bits per heavy atom. The van der Waals surface area contributed by atoms with Crippen molar-refractivity contribution in [3.63, 3.8) is 0 Å². The number of amides is 4. The summed E-state index contributed by atoms with van der Waals surface area (Å²) in [7, 11) is 0. The van der Waals surface area contributed by atoms with E-state index in [1.54, 1.807) is 38.1 Å². The number of urea groups is 1. The zero-order valence-corrected chi connectivity index (χ0v) is 20.5. The van der Waals surface area contributed by atoms with Crippen LogP contribution in [-0.2, 0) is 32.7 Å². The third-order valence-electron chi connectivity index (χ3n) is 6.53. The molecule has 0 radical (unpaired) electrons. The van der Waals surface area contributed by atoms with Crippen molar-refractivity contribution in [2.45, 2.75) is 57.6 Å². The summed E-state index contributed by atoms with van der Waals surface area (Å²) >= 11 is 1.36. The predicted octanol–water partition coefficient (Wildman–Crippen LogP) is 3.36. The Balaban J connectivity index is 1.37. The number of imide groups is 1. The van der Waals surface area contributed by atoms with E-state index in [9.17, 15) is 19.2 Å². The minimum absolute atomic E-state index is 0.269. The maximum atomic E-state index is 13.4. The van der Waals surface area contributed by atoms with Crippen LogP contribution in [0.1, 0.15) is 59.5 Å². The molecule has 2 N–H and O–H groups in total. The molecule has 1 spiro atoms. The van der Waals surface area contributed by atoms with Gasteiger partial charge >= 0.3 is 12.0 Å². The van der Waals surface area contributed by atoms with Gasteiger partial charge in [-0.25, -0.2) is 9.59 Å². The van der Waals surface area contributed by atoms with E-state index in [0.717, 1.165) is 41.0 Å². The summed E-state index contributed by atoms with van der Waals surface area (Å²) in [5, 5.41) is 5.98. The van der Waals surface area contributed by atoms with Crippen molar-refractivity contribution >= 4 is 40.2 Å². The number of aryl methyl sites for hydroxylation is 1. The van der Waals surface area contributed by atoms with Gasteiger partial charge in [0.15, 0.2) is 5.54 Å². The molecule has 4 amide bonds. The Kier molecular flexibility index (Phi) is 6.00. The zero-order valence-electron chi connectivity index (χ0n) is 19.6. The van der Waals surface area contributed by atoms with Crippen molar-refractivity contribution in [1.82, 2.24) is 10.2 Å². The lowest BCUT2D eigenvalue weighted by Gasteiger charge is -2.33. The molecule has 1 aromatic carbocycles. The van der Waals surface area contributed by atoms with Gasteiger partial charge in [-0.2, -0.15) is 0 Å². The molecule has 9 nitrogen and oxygen atoms in total. The predicted molar refractivity (Wildman–Crippen MR) is 129 cm³/mol. The fourth-order valence-electron chi connectivity index (χ4n) is 4.97. The molecule has 1 aromatic heterocycles. The number of hydrogen-bond acceptors (Lipinski definition) is 7. The number of carbonyl (C=O) groups is 4. The van der Waals surface area contributed by atoms with Crippen LogP contribution in [-0.4, -0.2) is 48.0 Å². The Morgan fingerprint density at radius 3 is 2.80 bits per heavy atom. The number of anilines is 1. The third kappa shape index (κ3) is 4.05. The number of ether oxygens (including phenoxy) is 2. The van der Waals surface area contributed by atoms with Gasteiger partial charge in [0, 0.05) is 16.9 Å². The molecule has 1 fully saturated rings. The molecule has 3 heterocycles. The van der Waals surface area contributed by atoms with E-state index in [2.05, 4.69) is 10.6 Å². The lowest BCUT2D eigenvalue weighted by atomic mass is 9.84. The highest BCUT2D eigenvalue weighted by atomic mass is 32.1. The van der Waals surface area contributed by atoms with Crippen LogP contribution in [0.3, 0.4) is 0 Å². The molecular formula is C25H27N3O6S. The van der Waals surface area contributed by atoms with Gasteiger partial charge < -0.3 is 20.1 Å². The second-order valence-electron chi connectivity index (χ2n) is 9.24. The molecule has 35 heavy (non-hydrogen) atoms. The van der Waals surface area contributed by atoms with Crippen LogP contribution in [0, 0.1) is 0 Å². The minimum atomic E-state index is -1.25. The third-order valence-corrected chi connectivity index (χ3v) is 7.74. The van der Waals surface area contributed by atoms with Crippen LogP contribution < -0.4 is 15.4 Å². The van der Waals surface area contributed by atoms with E-state index in [1.165, 1.54) is 11.3 Å². The van der Waals surface area contributed by atoms with E-state index < -0.39 is 35.9 Å². The van der Waals surface area contributed by atoms with Crippen molar-refractivity contribution in [2.24, 2.45) is 0 Å². The molecule has 1 unspecified atom stereocenters. The van der Waals surface area contributed by atoms with E-state index in [1.807, 2.05) is 0 Å². The van der Waals surface area contributed by atoms with Crippen LogP contribution in [0.5, 0.6) is 5.75 Å². The first-order chi connectivity index (χ1) is 16.8. The summed E-state index contributed by atoms with van der Waals surface area (Å²) < 4.78 is 11.1. The highest BCUT2D eigenvalue weighted by Gasteiger charge is 2.55. The number of thiophene rings is 1. The first-order valence-electron chi connectivity index (χ1n) is 11.8. The maximum Gasteiger partial charge on any atom is 0.341 e. The largest absolute Gasteiger partial charge is 0.493 e. The normalized spacial score (nSPS) is 20.8. The quantitative estimate of drug-likeness (QED) is 0.484. The van der Waals surface area contributed by atoms with Crippen LogP contribution in [0.2, 0.25) is 0 Å². The average molecular weight is 498 g/mol. The summed E-state index contributed by atoms with van der Waals surface area (Å²) in [6.45, 7) is 3.36. The summed E-state index contributed by atoms with van der Waals surface area (Å²) in [6, 6.07) is 6.44. The SMILES string of the molecule is CC(C)OC(=O)c1c(NC(=O)CN2C(=O)NC3(CCOc4ccccc43)C2=O)sc2c1CCCC2. The number of rotatable bonds is 5. The number of nitrogens with zero attached hydrogens (tertiary/aromatic N) is 1. The molecule has 10 heteroatoms. The molecule has 1 atom stereocenters. The van der Waals surface area contributed by atoms with Gasteiger partial charge in [0.25, 0.3) is 5.91 Å². The van der Waals surface area contributed by atoms with Crippen molar-refractivity contribution < 1.29 is 28.7 Å². The highest BCUT2D eigenvalue weighted by Crippen LogP contribution is 2.41. The van der Waals surface area contributed by atoms with Gasteiger partial charge in [0.1, 0.15) is 17.3 Å². The Morgan fingerprint density at radius 1 is 1.23 bits per heavy atom. The summed E-state index contributed by atoms with van der Waals surface area (Å²) in [6.07, 6.45) is 3.56. The fraction of sp³-hybridized carbons (Fsp3) is 0.440. The molecule has 2 aromatic rings. The fourth-order valence-corrected chi connectivity index (χ4v) is 6.26. The maximum absolute atomic E-state index is 13.4. The first-order valence-corrected chi connectivity index (χ1v) is 12.6.